The fraction of sp³-hybridized carbons (Fsp3) is 0.222. The summed E-state index contributed by atoms with van der Waals surface area (Å²) >= 11 is 0. The van der Waals surface area contributed by atoms with Crippen molar-refractivity contribution in [2.45, 2.75) is 19.8 Å². The van der Waals surface area contributed by atoms with Gasteiger partial charge >= 0.3 is 0 Å². The normalized spacial score (nSPS) is 17.9. The molecule has 1 unspecified atom stereocenters. The summed E-state index contributed by atoms with van der Waals surface area (Å²) in [7, 11) is 1.55. The van der Waals surface area contributed by atoms with Gasteiger partial charge in [0.25, 0.3) is 5.91 Å². The van der Waals surface area contributed by atoms with E-state index in [9.17, 15) is 9.59 Å². The molecule has 2 aromatic carbocycles. The lowest BCUT2D eigenvalue weighted by Crippen LogP contribution is -2.42. The summed E-state index contributed by atoms with van der Waals surface area (Å²) in [5.74, 6) is -0.784. The summed E-state index contributed by atoms with van der Waals surface area (Å²) in [6.45, 7) is 4.01. The second kappa shape index (κ2) is 4.85. The highest BCUT2D eigenvalue weighted by atomic mass is 16.2. The van der Waals surface area contributed by atoms with Crippen LogP contribution >= 0.6 is 0 Å². The molecule has 0 bridgehead atoms. The molecule has 0 N–H and O–H groups in total. The Hall–Kier alpha value is -2.42. The number of benzene rings is 2. The number of carbonyl (C=O) groups excluding carboxylic acids is 2. The average molecular weight is 279 g/mol. The van der Waals surface area contributed by atoms with Crippen molar-refractivity contribution in [2.75, 3.05) is 7.05 Å². The van der Waals surface area contributed by atoms with Crippen LogP contribution < -0.4 is 0 Å². The van der Waals surface area contributed by atoms with Crippen molar-refractivity contribution in [3.8, 4) is 0 Å². The average Bonchev–Trinajstić information content (AvgIpc) is 2.49. The van der Waals surface area contributed by atoms with E-state index < -0.39 is 5.92 Å². The van der Waals surface area contributed by atoms with Gasteiger partial charge in [-0.05, 0) is 36.6 Å². The Kier molecular flexibility index (Phi) is 3.13. The molecule has 0 saturated heterocycles. The summed E-state index contributed by atoms with van der Waals surface area (Å²) < 4.78 is 0. The molecule has 3 rings (SSSR count). The minimum atomic E-state index is -0.399. The molecule has 2 aromatic rings. The number of fused-ring (bicyclic) bond motifs is 1. The molecule has 1 aliphatic heterocycles. The second-order valence-corrected chi connectivity index (χ2v) is 5.58. The molecule has 1 heterocycles. The molecule has 0 saturated carbocycles. The van der Waals surface area contributed by atoms with Crippen LogP contribution in [0.5, 0.6) is 0 Å². The molecule has 3 nitrogen and oxygen atoms in total. The molecule has 0 spiro atoms. The van der Waals surface area contributed by atoms with E-state index in [2.05, 4.69) is 0 Å². The fourth-order valence-electron chi connectivity index (χ4n) is 2.92. The van der Waals surface area contributed by atoms with Gasteiger partial charge in [0.15, 0.2) is 0 Å². The number of rotatable bonds is 1. The lowest BCUT2D eigenvalue weighted by Gasteiger charge is -2.31. The number of hydrogen-bond acceptors (Lipinski definition) is 2. The monoisotopic (exact) mass is 279 g/mol. The molecular formula is C18H17NO2. The topological polar surface area (TPSA) is 37.4 Å². The minimum absolute atomic E-state index is 0.160. The Balaban J connectivity index is 2.26. The first-order valence-electron chi connectivity index (χ1n) is 6.98. The highest BCUT2D eigenvalue weighted by Crippen LogP contribution is 2.35. The van der Waals surface area contributed by atoms with Crippen LogP contribution in [-0.2, 0) is 4.79 Å². The second-order valence-electron chi connectivity index (χ2n) is 5.58. The van der Waals surface area contributed by atoms with Crippen LogP contribution in [0.2, 0.25) is 0 Å². The molecule has 0 fully saturated rings. The van der Waals surface area contributed by atoms with Crippen LogP contribution in [-0.4, -0.2) is 23.8 Å². The molecule has 2 amide bonds. The largest absolute Gasteiger partial charge is 0.281 e. The van der Waals surface area contributed by atoms with Gasteiger partial charge in [0, 0.05) is 12.6 Å². The lowest BCUT2D eigenvalue weighted by atomic mass is 9.81. The molecule has 106 valence electrons. The van der Waals surface area contributed by atoms with Crippen LogP contribution in [0.15, 0.2) is 42.5 Å². The molecule has 21 heavy (non-hydrogen) atoms. The van der Waals surface area contributed by atoms with E-state index in [4.69, 9.17) is 0 Å². The van der Waals surface area contributed by atoms with E-state index in [0.29, 0.717) is 5.56 Å². The first-order valence-corrected chi connectivity index (χ1v) is 6.98. The van der Waals surface area contributed by atoms with Crippen molar-refractivity contribution in [3.05, 3.63) is 70.3 Å². The number of aryl methyl sites for hydroxylation is 2. The van der Waals surface area contributed by atoms with Crippen LogP contribution in [0.4, 0.5) is 0 Å². The summed E-state index contributed by atoms with van der Waals surface area (Å²) in [6.07, 6.45) is 0. The Morgan fingerprint density at radius 3 is 2.43 bits per heavy atom. The van der Waals surface area contributed by atoms with Crippen LogP contribution in [0.25, 0.3) is 0 Å². The van der Waals surface area contributed by atoms with Gasteiger partial charge in [-0.3, -0.25) is 14.5 Å². The van der Waals surface area contributed by atoms with Crippen LogP contribution in [0, 0.1) is 13.8 Å². The zero-order chi connectivity index (χ0) is 15.1. The maximum Gasteiger partial charge on any atom is 0.260 e. The van der Waals surface area contributed by atoms with Gasteiger partial charge in [-0.2, -0.15) is 0 Å². The van der Waals surface area contributed by atoms with Crippen molar-refractivity contribution in [2.24, 2.45) is 0 Å². The maximum atomic E-state index is 12.7. The highest BCUT2D eigenvalue weighted by molar-refractivity contribution is 6.12. The third-order valence-corrected chi connectivity index (χ3v) is 4.13. The Bertz CT molecular complexity index is 749. The van der Waals surface area contributed by atoms with E-state index >= 15 is 0 Å². The van der Waals surface area contributed by atoms with Gasteiger partial charge in [-0.1, -0.05) is 42.0 Å². The molecule has 3 heteroatoms. The fourth-order valence-corrected chi connectivity index (χ4v) is 2.92. The van der Waals surface area contributed by atoms with Gasteiger partial charge < -0.3 is 0 Å². The number of hydrogen-bond donors (Lipinski definition) is 0. The third kappa shape index (κ3) is 2.05. The molecule has 1 atom stereocenters. The summed E-state index contributed by atoms with van der Waals surface area (Å²) in [5.41, 5.74) is 4.58. The van der Waals surface area contributed by atoms with Gasteiger partial charge in [0.05, 0.1) is 5.92 Å². The van der Waals surface area contributed by atoms with Crippen molar-refractivity contribution < 1.29 is 9.59 Å². The number of nitrogens with zero attached hydrogens (tertiary/aromatic N) is 1. The SMILES string of the molecule is Cc1ccc(C)c(C2C(=O)N(C)C(=O)c3ccccc32)c1. The first kappa shape index (κ1) is 13.6. The van der Waals surface area contributed by atoms with E-state index in [1.807, 2.05) is 50.2 Å². The molecule has 0 aliphatic carbocycles. The van der Waals surface area contributed by atoms with E-state index in [1.54, 1.807) is 13.1 Å². The van der Waals surface area contributed by atoms with Gasteiger partial charge in [0.2, 0.25) is 5.91 Å². The van der Waals surface area contributed by atoms with Crippen molar-refractivity contribution in [3.63, 3.8) is 0 Å². The number of likely N-dealkylation sites (N-methyl/N-ethyl adjacent to an activating group) is 1. The summed E-state index contributed by atoms with van der Waals surface area (Å²) in [6, 6.07) is 13.5. The van der Waals surface area contributed by atoms with Crippen LogP contribution in [0.1, 0.15) is 38.5 Å². The van der Waals surface area contributed by atoms with E-state index in [-0.39, 0.29) is 11.8 Å². The Labute approximate surface area is 124 Å². The van der Waals surface area contributed by atoms with Gasteiger partial charge in [0.1, 0.15) is 0 Å². The zero-order valence-electron chi connectivity index (χ0n) is 12.4. The zero-order valence-corrected chi connectivity index (χ0v) is 12.4. The standard InChI is InChI=1S/C18H17NO2/c1-11-8-9-12(2)15(10-11)16-13-6-4-5-7-14(13)17(20)19(3)18(16)21/h4-10,16H,1-3H3. The smallest absolute Gasteiger partial charge is 0.260 e. The Morgan fingerprint density at radius 1 is 0.952 bits per heavy atom. The first-order chi connectivity index (χ1) is 10.0. The number of amides is 2. The van der Waals surface area contributed by atoms with Crippen molar-refractivity contribution >= 4 is 11.8 Å². The molecule has 0 radical (unpaired) electrons. The van der Waals surface area contributed by atoms with Crippen molar-refractivity contribution in [1.82, 2.24) is 4.90 Å². The van der Waals surface area contributed by atoms with E-state index in [1.165, 1.54) is 4.90 Å². The molecule has 1 aliphatic rings. The van der Waals surface area contributed by atoms with Gasteiger partial charge in [-0.15, -0.1) is 0 Å². The highest BCUT2D eigenvalue weighted by Gasteiger charge is 2.37. The minimum Gasteiger partial charge on any atom is -0.281 e. The lowest BCUT2D eigenvalue weighted by molar-refractivity contribution is -0.128. The Morgan fingerprint density at radius 2 is 1.67 bits per heavy atom. The summed E-state index contributed by atoms with van der Waals surface area (Å²) in [5, 5.41) is 0. The van der Waals surface area contributed by atoms with E-state index in [0.717, 1.165) is 22.3 Å². The predicted molar refractivity (Wildman–Crippen MR) is 81.3 cm³/mol. The number of carbonyl (C=O) groups is 2. The van der Waals surface area contributed by atoms with Crippen molar-refractivity contribution in [1.29, 1.82) is 0 Å². The van der Waals surface area contributed by atoms with Crippen LogP contribution in [0.3, 0.4) is 0 Å². The molecule has 0 aromatic heterocycles. The molecular weight excluding hydrogens is 262 g/mol. The maximum absolute atomic E-state index is 12.7. The third-order valence-electron chi connectivity index (χ3n) is 4.13. The quantitative estimate of drug-likeness (QED) is 0.752. The summed E-state index contributed by atoms with van der Waals surface area (Å²) in [4.78, 5) is 26.2. The number of imide groups is 1. The predicted octanol–water partition coefficient (Wildman–Crippen LogP) is 3.05. The van der Waals surface area contributed by atoms with Gasteiger partial charge in [-0.25, -0.2) is 0 Å².